The summed E-state index contributed by atoms with van der Waals surface area (Å²) in [7, 11) is 1.84. The maximum atomic E-state index is 15.3. The van der Waals surface area contributed by atoms with Gasteiger partial charge in [0.1, 0.15) is 30.0 Å². The van der Waals surface area contributed by atoms with Gasteiger partial charge in [0, 0.05) is 40.1 Å². The number of oxime groups is 1. The van der Waals surface area contributed by atoms with Crippen LogP contribution in [-0.4, -0.2) is 82.5 Å². The van der Waals surface area contributed by atoms with Crippen molar-refractivity contribution < 1.29 is 43.2 Å². The number of aliphatic carboxylic acids is 2. The van der Waals surface area contributed by atoms with Crippen molar-refractivity contribution in [2.45, 2.75) is 42.7 Å². The van der Waals surface area contributed by atoms with Gasteiger partial charge in [0.05, 0.1) is 34.8 Å². The molecule has 2 amide bonds. The lowest BCUT2D eigenvalue weighted by Crippen LogP contribution is -2.71. The number of benzene rings is 1. The number of nitrogens with two attached hydrogens (primary N) is 1. The molecule has 0 saturated carbocycles. The topological polar surface area (TPSA) is 209 Å². The fourth-order valence-corrected chi connectivity index (χ4v) is 8.29. The van der Waals surface area contributed by atoms with Crippen molar-refractivity contribution in [1.29, 1.82) is 0 Å². The number of carboxylic acid groups (broad SMARTS) is 2. The Balaban J connectivity index is 1.22. The van der Waals surface area contributed by atoms with Crippen LogP contribution in [-0.2, 0) is 31.1 Å². The summed E-state index contributed by atoms with van der Waals surface area (Å²) in [5.41, 5.74) is 5.44. The van der Waals surface area contributed by atoms with Gasteiger partial charge in [0.25, 0.3) is 11.8 Å². The molecule has 1 fully saturated rings. The number of carbonyl (C=O) groups excluding carboxylic acids is 3. The monoisotopic (exact) mass is 740 g/mol. The van der Waals surface area contributed by atoms with Gasteiger partial charge in [-0.2, -0.15) is 0 Å². The first kappa shape index (κ1) is 34.8. The Morgan fingerprint density at radius 1 is 1.34 bits per heavy atom. The predicted octanol–water partition coefficient (Wildman–Crippen LogP) is 1.12. The molecule has 4 aromatic rings. The van der Waals surface area contributed by atoms with Crippen LogP contribution in [0.3, 0.4) is 0 Å². The largest absolute Gasteiger partial charge is 0.543 e. The molecule has 15 nitrogen and oxygen atoms in total. The maximum absolute atomic E-state index is 15.3. The van der Waals surface area contributed by atoms with Crippen molar-refractivity contribution in [3.8, 4) is 5.69 Å². The van der Waals surface area contributed by atoms with Gasteiger partial charge in [0.15, 0.2) is 17.0 Å². The number of halogens is 1. The number of hydrogen-bond donors (Lipinski definition) is 3. The Kier molecular flexibility index (Phi) is 9.31. The molecule has 2 atom stereocenters. The first-order valence-corrected chi connectivity index (χ1v) is 17.7. The lowest BCUT2D eigenvalue weighted by Gasteiger charge is -2.50. The number of nitrogens with one attached hydrogen (secondary N) is 1. The van der Waals surface area contributed by atoms with E-state index in [4.69, 9.17) is 10.6 Å². The van der Waals surface area contributed by atoms with Crippen LogP contribution in [0.4, 0.5) is 9.52 Å². The molecule has 6 rings (SSSR count). The highest BCUT2D eigenvalue weighted by atomic mass is 32.2. The van der Waals surface area contributed by atoms with Gasteiger partial charge in [-0.1, -0.05) is 5.16 Å². The van der Waals surface area contributed by atoms with Gasteiger partial charge < -0.3 is 35.5 Å². The fourth-order valence-electron chi connectivity index (χ4n) is 5.22. The van der Waals surface area contributed by atoms with Crippen LogP contribution in [0.2, 0.25) is 0 Å². The number of aromatic nitrogens is 4. The molecule has 0 aliphatic carbocycles. The summed E-state index contributed by atoms with van der Waals surface area (Å²) in [6.07, 6.45) is 5.08. The summed E-state index contributed by atoms with van der Waals surface area (Å²) in [5, 5.41) is 29.4. The van der Waals surface area contributed by atoms with Crippen LogP contribution in [0.15, 0.2) is 63.6 Å². The zero-order chi connectivity index (χ0) is 36.1. The zero-order valence-electron chi connectivity index (χ0n) is 26.9. The molecule has 2 aliphatic rings. The highest BCUT2D eigenvalue weighted by molar-refractivity contribution is 8.01. The Morgan fingerprint density at radius 3 is 2.74 bits per heavy atom. The molecule has 4 N–H and O–H groups in total. The average molecular weight is 741 g/mol. The van der Waals surface area contributed by atoms with Crippen LogP contribution in [0.1, 0.15) is 25.2 Å². The van der Waals surface area contributed by atoms with Crippen LogP contribution < -0.4 is 20.7 Å². The normalized spacial score (nSPS) is 17.8. The van der Waals surface area contributed by atoms with Crippen LogP contribution in [0, 0.1) is 12.7 Å². The Bertz CT molecular complexity index is 2150. The minimum Gasteiger partial charge on any atom is -0.543 e. The third-order valence-electron chi connectivity index (χ3n) is 7.94. The number of nitrogen functional groups attached to an aromatic ring is 1. The number of thioether (sulfide) groups is 2. The number of pyridine rings is 1. The third-order valence-corrected chi connectivity index (χ3v) is 11.1. The molecule has 19 heteroatoms. The van der Waals surface area contributed by atoms with E-state index in [-0.39, 0.29) is 28.0 Å². The molecule has 1 saturated heterocycles. The summed E-state index contributed by atoms with van der Waals surface area (Å²) in [5.74, 6) is -4.58. The van der Waals surface area contributed by atoms with Gasteiger partial charge in [0.2, 0.25) is 11.1 Å². The number of fused-ring (bicyclic) bond motifs is 2. The summed E-state index contributed by atoms with van der Waals surface area (Å²) in [6.45, 7) is 4.28. The first-order valence-electron chi connectivity index (χ1n) is 14.8. The second-order valence-corrected chi connectivity index (χ2v) is 14.9. The van der Waals surface area contributed by atoms with Gasteiger partial charge in [-0.15, -0.1) is 34.9 Å². The Morgan fingerprint density at radius 2 is 2.10 bits per heavy atom. The maximum Gasteiger partial charge on any atom is 0.350 e. The van der Waals surface area contributed by atoms with E-state index in [0.29, 0.717) is 21.5 Å². The molecule has 2 unspecified atom stereocenters. The predicted molar refractivity (Wildman–Crippen MR) is 181 cm³/mol. The minimum absolute atomic E-state index is 0.00398. The summed E-state index contributed by atoms with van der Waals surface area (Å²) in [6, 6.07) is 3.82. The number of hydrogen-bond acceptors (Lipinski definition) is 13. The van der Waals surface area contributed by atoms with Gasteiger partial charge in [-0.3, -0.25) is 14.5 Å². The third kappa shape index (κ3) is 6.50. The number of imidazole rings is 1. The van der Waals surface area contributed by atoms with E-state index in [1.54, 1.807) is 16.8 Å². The highest BCUT2D eigenvalue weighted by Gasteiger charge is 2.53. The lowest BCUT2D eigenvalue weighted by atomic mass is 10.0. The SMILES string of the molecule is Cc1cn(-c2cc3c(cc2F)c(SCC2=C(C(=O)[O-])N4C(=O)C(NC(=O)/C(=N\OC(C)(C)C(=O)O)c5csc(N)n5)C4SC2)cc[n+]3C)cn1. The fraction of sp³-hybridized carbons (Fsp3) is 0.290. The summed E-state index contributed by atoms with van der Waals surface area (Å²) >= 11 is 3.55. The number of β-lactam (4-membered cyclic amide) rings is 1. The van der Waals surface area contributed by atoms with Crippen molar-refractivity contribution in [2.24, 2.45) is 12.2 Å². The number of aryl methyl sites for hydroxylation is 2. The van der Waals surface area contributed by atoms with Gasteiger partial charge in [-0.25, -0.2) is 23.7 Å². The number of thiazole rings is 1. The number of carbonyl (C=O) groups is 4. The molecule has 0 bridgehead atoms. The summed E-state index contributed by atoms with van der Waals surface area (Å²) < 4.78 is 18.8. The average Bonchev–Trinajstić information content (AvgIpc) is 3.70. The molecule has 50 heavy (non-hydrogen) atoms. The number of rotatable bonds is 11. The van der Waals surface area contributed by atoms with Crippen molar-refractivity contribution in [1.82, 2.24) is 24.8 Å². The Hall–Kier alpha value is -5.01. The molecule has 260 valence electrons. The standard InChI is InChI=1S/C31H29FN8O7S3/c1-14-9-39(13-34-14)20-8-19-16(7-17(20)32)21(5-6-38(19)4)48-10-15-11-49-27-23(26(42)40(27)24(15)28(43)44)36-25(41)22(18-12-50-30(33)35-18)37-47-31(2,3)29(45)46/h5-9,12-13,23,27H,10-11H2,1-4H3,(H4-,33,35,36,41,43,44,45,46)/b37-22-. The molecular formula is C31H29FN8O7S3. The van der Waals surface area contributed by atoms with E-state index in [2.05, 4.69) is 20.4 Å². The molecular weight excluding hydrogens is 712 g/mol. The van der Waals surface area contributed by atoms with Crippen molar-refractivity contribution in [3.63, 3.8) is 0 Å². The van der Waals surface area contributed by atoms with E-state index in [9.17, 15) is 29.4 Å². The number of carboxylic acids is 2. The zero-order valence-corrected chi connectivity index (χ0v) is 29.3. The smallest absolute Gasteiger partial charge is 0.350 e. The van der Waals surface area contributed by atoms with Crippen molar-refractivity contribution >= 4 is 80.4 Å². The lowest BCUT2D eigenvalue weighted by molar-refractivity contribution is -0.645. The highest BCUT2D eigenvalue weighted by Crippen LogP contribution is 2.42. The number of nitrogens with zero attached hydrogens (tertiary/aromatic N) is 6. The minimum atomic E-state index is -1.79. The van der Waals surface area contributed by atoms with Gasteiger partial charge in [-0.05, 0) is 32.4 Å². The molecule has 5 heterocycles. The first-order chi connectivity index (χ1) is 23.7. The molecule has 0 radical (unpaired) electrons. The number of anilines is 1. The van der Waals surface area contributed by atoms with E-state index < -0.39 is 52.3 Å². The number of amides is 2. The summed E-state index contributed by atoms with van der Waals surface area (Å²) in [4.78, 5) is 65.8. The van der Waals surface area contributed by atoms with Crippen molar-refractivity contribution in [3.05, 3.63) is 70.8 Å². The quantitative estimate of drug-likeness (QED) is 0.0650. The Labute approximate surface area is 296 Å². The molecule has 1 aromatic carbocycles. The van der Waals surface area contributed by atoms with Crippen LogP contribution >= 0.6 is 34.9 Å². The second kappa shape index (κ2) is 13.4. The van der Waals surface area contributed by atoms with E-state index >= 15 is 4.39 Å². The van der Waals surface area contributed by atoms with E-state index in [0.717, 1.165) is 27.4 Å². The van der Waals surface area contributed by atoms with E-state index in [1.165, 1.54) is 55.1 Å². The van der Waals surface area contributed by atoms with Crippen LogP contribution in [0.5, 0.6) is 0 Å². The van der Waals surface area contributed by atoms with E-state index in [1.807, 2.05) is 30.8 Å². The molecule has 2 aliphatic heterocycles. The molecule has 3 aromatic heterocycles. The van der Waals surface area contributed by atoms with Crippen LogP contribution in [0.25, 0.3) is 16.6 Å². The second-order valence-electron chi connectivity index (χ2n) is 11.8. The van der Waals surface area contributed by atoms with Crippen molar-refractivity contribution in [2.75, 3.05) is 17.2 Å². The van der Waals surface area contributed by atoms with Gasteiger partial charge >= 0.3 is 5.97 Å². The molecule has 0 spiro atoms.